The van der Waals surface area contributed by atoms with Gasteiger partial charge in [-0.15, -0.1) is 0 Å². The second kappa shape index (κ2) is 9.40. The van der Waals surface area contributed by atoms with Gasteiger partial charge in [0.15, 0.2) is 0 Å². The molecule has 0 N–H and O–H groups in total. The predicted molar refractivity (Wildman–Crippen MR) is 120 cm³/mol. The van der Waals surface area contributed by atoms with Gasteiger partial charge in [0.25, 0.3) is 0 Å². The van der Waals surface area contributed by atoms with Gasteiger partial charge in [0.2, 0.25) is 5.91 Å². The summed E-state index contributed by atoms with van der Waals surface area (Å²) in [4.78, 5) is 27.4. The number of rotatable bonds is 9. The normalized spacial score (nSPS) is 11.6. The molecule has 4 rings (SSSR count). The first-order chi connectivity index (χ1) is 15.4. The maximum Gasteiger partial charge on any atom is 0.347 e. The van der Waals surface area contributed by atoms with Crippen LogP contribution in [0.4, 0.5) is 0 Å². The van der Waals surface area contributed by atoms with Crippen LogP contribution in [-0.4, -0.2) is 39.8 Å². The lowest BCUT2D eigenvalue weighted by molar-refractivity contribution is -0.133. The molecular weight excluding hydrogens is 410 g/mol. The van der Waals surface area contributed by atoms with E-state index in [9.17, 15) is 9.59 Å². The van der Waals surface area contributed by atoms with Crippen molar-refractivity contribution in [1.29, 1.82) is 0 Å². The van der Waals surface area contributed by atoms with Gasteiger partial charge in [0.1, 0.15) is 23.3 Å². The van der Waals surface area contributed by atoms with Crippen molar-refractivity contribution in [2.75, 3.05) is 13.2 Å². The van der Waals surface area contributed by atoms with E-state index in [2.05, 4.69) is 5.10 Å². The summed E-state index contributed by atoms with van der Waals surface area (Å²) in [6.45, 7) is 7.38. The highest BCUT2D eigenvalue weighted by molar-refractivity contribution is 6.02. The number of hydrogen-bond acceptors (Lipinski definition) is 6. The number of nitrogens with zero attached hydrogens (tertiary/aromatic N) is 3. The monoisotopic (exact) mass is 437 g/mol. The number of ether oxygens (including phenoxy) is 1. The highest BCUT2D eigenvalue weighted by Gasteiger charge is 2.20. The van der Waals surface area contributed by atoms with Crippen molar-refractivity contribution in [2.45, 2.75) is 46.4 Å². The molecule has 168 valence electrons. The lowest BCUT2D eigenvalue weighted by atomic mass is 10.1. The largest absolute Gasteiger partial charge is 0.467 e. The Kier molecular flexibility index (Phi) is 6.41. The Morgan fingerprint density at radius 1 is 1.25 bits per heavy atom. The number of carbonyl (C=O) groups excluding carboxylic acids is 1. The number of hydrogen-bond donors (Lipinski definition) is 0. The fourth-order valence-corrected chi connectivity index (χ4v) is 3.70. The number of carbonyl (C=O) groups is 1. The zero-order valence-corrected chi connectivity index (χ0v) is 18.5. The maximum absolute atomic E-state index is 13.3. The van der Waals surface area contributed by atoms with Gasteiger partial charge in [0.05, 0.1) is 30.6 Å². The van der Waals surface area contributed by atoms with Gasteiger partial charge < -0.3 is 18.5 Å². The minimum absolute atomic E-state index is 0.00173. The Labute approximate surface area is 185 Å². The molecule has 0 aliphatic rings. The molecule has 0 aliphatic carbocycles. The van der Waals surface area contributed by atoms with E-state index in [0.29, 0.717) is 48.4 Å². The topological polar surface area (TPSA) is 90.7 Å². The van der Waals surface area contributed by atoms with E-state index in [-0.39, 0.29) is 18.6 Å². The van der Waals surface area contributed by atoms with E-state index in [0.717, 1.165) is 10.9 Å². The molecule has 0 radical (unpaired) electrons. The molecule has 0 atom stereocenters. The summed E-state index contributed by atoms with van der Waals surface area (Å²) < 4.78 is 18.1. The van der Waals surface area contributed by atoms with Gasteiger partial charge in [-0.1, -0.05) is 11.6 Å². The Morgan fingerprint density at radius 3 is 2.84 bits per heavy atom. The summed E-state index contributed by atoms with van der Waals surface area (Å²) in [7, 11) is 0. The number of aryl methyl sites for hydroxylation is 1. The summed E-state index contributed by atoms with van der Waals surface area (Å²) in [5.74, 6) is 0.583. The van der Waals surface area contributed by atoms with Crippen LogP contribution in [0.5, 0.6) is 0 Å². The Bertz CT molecular complexity index is 1270. The molecule has 4 aromatic rings. The molecule has 0 bridgehead atoms. The SMILES string of the molecule is Cc1ccc2oc(=O)c3cnn(CC(=O)N(CCCOC(C)C)Cc4ccco4)c3c2c1. The lowest BCUT2D eigenvalue weighted by Gasteiger charge is -2.22. The van der Waals surface area contributed by atoms with Crippen LogP contribution in [0, 0.1) is 6.92 Å². The van der Waals surface area contributed by atoms with E-state index >= 15 is 0 Å². The van der Waals surface area contributed by atoms with Crippen LogP contribution in [0.3, 0.4) is 0 Å². The molecule has 3 heterocycles. The van der Waals surface area contributed by atoms with Crippen LogP contribution in [0.25, 0.3) is 21.9 Å². The van der Waals surface area contributed by atoms with Gasteiger partial charge in [-0.3, -0.25) is 9.48 Å². The molecule has 1 amide bonds. The smallest absolute Gasteiger partial charge is 0.347 e. The molecule has 0 saturated heterocycles. The molecule has 0 unspecified atom stereocenters. The molecule has 8 nitrogen and oxygen atoms in total. The van der Waals surface area contributed by atoms with Crippen molar-refractivity contribution < 1.29 is 18.4 Å². The van der Waals surface area contributed by atoms with Crippen molar-refractivity contribution in [3.63, 3.8) is 0 Å². The zero-order valence-electron chi connectivity index (χ0n) is 18.5. The highest BCUT2D eigenvalue weighted by atomic mass is 16.5. The number of furan rings is 1. The zero-order chi connectivity index (χ0) is 22.7. The first-order valence-corrected chi connectivity index (χ1v) is 10.7. The Morgan fingerprint density at radius 2 is 2.09 bits per heavy atom. The Balaban J connectivity index is 1.61. The van der Waals surface area contributed by atoms with Crippen molar-refractivity contribution >= 4 is 27.8 Å². The van der Waals surface area contributed by atoms with E-state index < -0.39 is 5.63 Å². The number of aromatic nitrogens is 2. The first-order valence-electron chi connectivity index (χ1n) is 10.7. The van der Waals surface area contributed by atoms with Crippen molar-refractivity contribution in [1.82, 2.24) is 14.7 Å². The molecule has 32 heavy (non-hydrogen) atoms. The standard InChI is InChI=1S/C24H27N3O5/c1-16(2)30-11-5-9-26(14-18-6-4-10-31-18)22(28)15-27-23-19-12-17(3)7-8-21(19)32-24(29)20(23)13-25-27/h4,6-8,10,12-13,16H,5,9,11,14-15H2,1-3H3. The van der Waals surface area contributed by atoms with Gasteiger partial charge >= 0.3 is 5.63 Å². The molecule has 1 aromatic carbocycles. The highest BCUT2D eigenvalue weighted by Crippen LogP contribution is 2.24. The third kappa shape index (κ3) is 4.75. The van der Waals surface area contributed by atoms with Gasteiger partial charge in [-0.25, -0.2) is 4.79 Å². The Hall–Kier alpha value is -3.39. The van der Waals surface area contributed by atoms with Crippen LogP contribution in [-0.2, 0) is 22.6 Å². The molecule has 3 aromatic heterocycles. The fourth-order valence-electron chi connectivity index (χ4n) is 3.70. The van der Waals surface area contributed by atoms with Crippen LogP contribution in [0.1, 0.15) is 31.6 Å². The average Bonchev–Trinajstić information content (AvgIpc) is 3.41. The van der Waals surface area contributed by atoms with E-state index in [1.165, 1.54) is 6.20 Å². The second-order valence-electron chi connectivity index (χ2n) is 8.12. The molecular formula is C24H27N3O5. The fraction of sp³-hybridized carbons (Fsp3) is 0.375. The van der Waals surface area contributed by atoms with Crippen LogP contribution in [0.2, 0.25) is 0 Å². The van der Waals surface area contributed by atoms with Crippen LogP contribution < -0.4 is 5.63 Å². The molecule has 0 saturated carbocycles. The number of benzene rings is 1. The van der Waals surface area contributed by atoms with Gasteiger partial charge in [-0.05, 0) is 51.5 Å². The quantitative estimate of drug-likeness (QED) is 0.291. The second-order valence-corrected chi connectivity index (χ2v) is 8.12. The van der Waals surface area contributed by atoms with Crippen LogP contribution in [0.15, 0.2) is 56.4 Å². The first kappa shape index (κ1) is 21.8. The van der Waals surface area contributed by atoms with E-state index in [1.54, 1.807) is 28.0 Å². The summed E-state index contributed by atoms with van der Waals surface area (Å²) in [5.41, 5.74) is 1.64. The van der Waals surface area contributed by atoms with Crippen molar-refractivity contribution in [3.05, 3.63) is 64.5 Å². The van der Waals surface area contributed by atoms with Crippen molar-refractivity contribution in [2.24, 2.45) is 0 Å². The summed E-state index contributed by atoms with van der Waals surface area (Å²) in [5, 5.41) is 5.45. The summed E-state index contributed by atoms with van der Waals surface area (Å²) >= 11 is 0. The minimum Gasteiger partial charge on any atom is -0.467 e. The van der Waals surface area contributed by atoms with Crippen LogP contribution >= 0.6 is 0 Å². The van der Waals surface area contributed by atoms with Gasteiger partial charge in [0, 0.05) is 18.5 Å². The molecule has 0 spiro atoms. The maximum atomic E-state index is 13.3. The molecule has 8 heteroatoms. The predicted octanol–water partition coefficient (Wildman–Crippen LogP) is 3.89. The number of fused-ring (bicyclic) bond motifs is 3. The molecule has 0 aliphatic heterocycles. The molecule has 0 fully saturated rings. The van der Waals surface area contributed by atoms with Gasteiger partial charge in [-0.2, -0.15) is 5.10 Å². The third-order valence-electron chi connectivity index (χ3n) is 5.24. The minimum atomic E-state index is -0.465. The third-order valence-corrected chi connectivity index (χ3v) is 5.24. The summed E-state index contributed by atoms with van der Waals surface area (Å²) in [6, 6.07) is 9.23. The average molecular weight is 437 g/mol. The lowest BCUT2D eigenvalue weighted by Crippen LogP contribution is -2.35. The number of amides is 1. The van der Waals surface area contributed by atoms with Crippen molar-refractivity contribution in [3.8, 4) is 0 Å². The van der Waals surface area contributed by atoms with E-state index in [4.69, 9.17) is 13.6 Å². The summed E-state index contributed by atoms with van der Waals surface area (Å²) in [6.07, 6.45) is 3.90. The van der Waals surface area contributed by atoms with E-state index in [1.807, 2.05) is 39.0 Å².